The molecule has 0 spiro atoms. The van der Waals surface area contributed by atoms with Gasteiger partial charge in [-0.15, -0.1) is 0 Å². The fraction of sp³-hybridized carbons (Fsp3) is 0.800. The standard InChI is InChI=1S/C15H32O5Si2/c1-9-10-17-11-14(12-18-15(16)13(2)3)19-22(7,8)20-21(4,5)6/h14H,2,9-12H2,1,3-8H3. The lowest BCUT2D eigenvalue weighted by Gasteiger charge is -2.34. The maximum Gasteiger partial charge on any atom is 0.333 e. The molecule has 0 rings (SSSR count). The van der Waals surface area contributed by atoms with Crippen LogP contribution in [0.1, 0.15) is 20.3 Å². The Bertz CT molecular complexity index is 363. The Kier molecular flexibility index (Phi) is 9.41. The zero-order valence-corrected chi connectivity index (χ0v) is 17.2. The summed E-state index contributed by atoms with van der Waals surface area (Å²) in [6, 6.07) is 0. The molecule has 1 atom stereocenters. The van der Waals surface area contributed by atoms with Crippen LogP contribution in [0.2, 0.25) is 32.7 Å². The molecule has 1 unspecified atom stereocenters. The van der Waals surface area contributed by atoms with Gasteiger partial charge >= 0.3 is 14.5 Å². The van der Waals surface area contributed by atoms with Crippen molar-refractivity contribution in [2.45, 2.75) is 59.1 Å². The van der Waals surface area contributed by atoms with Crippen molar-refractivity contribution >= 4 is 22.8 Å². The van der Waals surface area contributed by atoms with Gasteiger partial charge in [-0.25, -0.2) is 4.79 Å². The summed E-state index contributed by atoms with van der Waals surface area (Å²) in [5, 5.41) is 0. The minimum absolute atomic E-state index is 0.154. The average Bonchev–Trinajstić information content (AvgIpc) is 2.31. The molecule has 0 N–H and O–H groups in total. The molecule has 0 saturated heterocycles. The van der Waals surface area contributed by atoms with Crippen LogP contribution in [0.4, 0.5) is 0 Å². The second-order valence-corrected chi connectivity index (χ2v) is 14.9. The van der Waals surface area contributed by atoms with Crippen LogP contribution in [0.5, 0.6) is 0 Å². The van der Waals surface area contributed by atoms with Crippen molar-refractivity contribution in [3.05, 3.63) is 12.2 Å². The Morgan fingerprint density at radius 1 is 1.14 bits per heavy atom. The van der Waals surface area contributed by atoms with Crippen molar-refractivity contribution in [1.82, 2.24) is 0 Å². The maximum atomic E-state index is 11.5. The Balaban J connectivity index is 4.63. The highest BCUT2D eigenvalue weighted by Crippen LogP contribution is 2.17. The number of rotatable bonds is 11. The third-order valence-electron chi connectivity index (χ3n) is 2.40. The van der Waals surface area contributed by atoms with E-state index in [0.29, 0.717) is 18.8 Å². The van der Waals surface area contributed by atoms with Crippen LogP contribution in [0.15, 0.2) is 12.2 Å². The Labute approximate surface area is 137 Å². The van der Waals surface area contributed by atoms with E-state index in [-0.39, 0.29) is 12.7 Å². The molecule has 0 aliphatic carbocycles. The van der Waals surface area contributed by atoms with Crippen LogP contribution in [0.3, 0.4) is 0 Å². The Morgan fingerprint density at radius 3 is 2.18 bits per heavy atom. The summed E-state index contributed by atoms with van der Waals surface area (Å²) in [7, 11) is -3.98. The molecule has 0 aromatic carbocycles. The molecule has 0 bridgehead atoms. The Hall–Kier alpha value is -0.476. The third-order valence-corrected chi connectivity index (χ3v) is 7.72. The maximum absolute atomic E-state index is 11.5. The van der Waals surface area contributed by atoms with E-state index < -0.39 is 22.8 Å². The van der Waals surface area contributed by atoms with Gasteiger partial charge in [0.05, 0.1) is 6.61 Å². The number of hydrogen-bond donors (Lipinski definition) is 0. The summed E-state index contributed by atoms with van der Waals surface area (Å²) >= 11 is 0. The minimum Gasteiger partial charge on any atom is -0.460 e. The van der Waals surface area contributed by atoms with Gasteiger partial charge < -0.3 is 18.0 Å². The summed E-state index contributed by atoms with van der Waals surface area (Å²) in [4.78, 5) is 11.5. The number of esters is 1. The van der Waals surface area contributed by atoms with Crippen LogP contribution >= 0.6 is 0 Å². The lowest BCUT2D eigenvalue weighted by molar-refractivity contribution is -0.142. The van der Waals surface area contributed by atoms with Gasteiger partial charge in [-0.2, -0.15) is 0 Å². The van der Waals surface area contributed by atoms with Crippen molar-refractivity contribution in [2.75, 3.05) is 19.8 Å². The molecule has 5 nitrogen and oxygen atoms in total. The van der Waals surface area contributed by atoms with E-state index in [9.17, 15) is 4.79 Å². The van der Waals surface area contributed by atoms with E-state index in [2.05, 4.69) is 26.2 Å². The summed E-state index contributed by atoms with van der Waals surface area (Å²) in [6.07, 6.45) is 0.623. The average molecular weight is 349 g/mol. The summed E-state index contributed by atoms with van der Waals surface area (Å²) in [6.45, 7) is 18.9. The van der Waals surface area contributed by atoms with Gasteiger partial charge in [-0.1, -0.05) is 13.5 Å². The van der Waals surface area contributed by atoms with Crippen molar-refractivity contribution in [3.8, 4) is 0 Å². The van der Waals surface area contributed by atoms with E-state index in [1.165, 1.54) is 0 Å². The number of carbonyl (C=O) groups is 1. The largest absolute Gasteiger partial charge is 0.460 e. The predicted molar refractivity (Wildman–Crippen MR) is 93.7 cm³/mol. The summed E-state index contributed by atoms with van der Waals surface area (Å²) in [5.74, 6) is -0.408. The predicted octanol–water partition coefficient (Wildman–Crippen LogP) is 3.47. The van der Waals surface area contributed by atoms with Crippen molar-refractivity contribution in [1.29, 1.82) is 0 Å². The fourth-order valence-electron chi connectivity index (χ4n) is 1.93. The molecule has 0 aromatic rings. The van der Waals surface area contributed by atoms with Gasteiger partial charge in [0.15, 0.2) is 8.32 Å². The molecule has 7 heteroatoms. The third kappa shape index (κ3) is 11.1. The van der Waals surface area contributed by atoms with Crippen molar-refractivity contribution < 1.29 is 22.8 Å². The first-order valence-corrected chi connectivity index (χ1v) is 14.0. The van der Waals surface area contributed by atoms with Crippen LogP contribution in [-0.4, -0.2) is 48.8 Å². The molecule has 22 heavy (non-hydrogen) atoms. The second kappa shape index (κ2) is 9.62. The first kappa shape index (κ1) is 21.5. The fourth-order valence-corrected chi connectivity index (χ4v) is 8.96. The molecule has 0 aliphatic heterocycles. The van der Waals surface area contributed by atoms with Crippen LogP contribution in [0, 0.1) is 0 Å². The quantitative estimate of drug-likeness (QED) is 0.248. The summed E-state index contributed by atoms with van der Waals surface area (Å²) in [5.41, 5.74) is 0.378. The van der Waals surface area contributed by atoms with E-state index in [0.717, 1.165) is 6.42 Å². The Morgan fingerprint density at radius 2 is 1.73 bits per heavy atom. The second-order valence-electron chi connectivity index (χ2n) is 6.81. The van der Waals surface area contributed by atoms with Gasteiger partial charge in [-0.3, -0.25) is 0 Å². The number of carbonyl (C=O) groups excluding carboxylic acids is 1. The van der Waals surface area contributed by atoms with Crippen molar-refractivity contribution in [2.24, 2.45) is 0 Å². The molecular formula is C15H32O5Si2. The summed E-state index contributed by atoms with van der Waals surface area (Å²) < 4.78 is 23.0. The zero-order chi connectivity index (χ0) is 17.4. The molecule has 0 saturated carbocycles. The van der Waals surface area contributed by atoms with Gasteiger partial charge in [0, 0.05) is 12.2 Å². The van der Waals surface area contributed by atoms with Crippen LogP contribution in [-0.2, 0) is 22.8 Å². The van der Waals surface area contributed by atoms with E-state index in [1.54, 1.807) is 6.92 Å². The molecule has 0 fully saturated rings. The van der Waals surface area contributed by atoms with Crippen LogP contribution in [0.25, 0.3) is 0 Å². The number of ether oxygens (including phenoxy) is 2. The highest BCUT2D eigenvalue weighted by Gasteiger charge is 2.34. The molecule has 0 aliphatic rings. The zero-order valence-electron chi connectivity index (χ0n) is 15.2. The normalized spacial score (nSPS) is 13.8. The molecular weight excluding hydrogens is 316 g/mol. The topological polar surface area (TPSA) is 54.0 Å². The van der Waals surface area contributed by atoms with E-state index in [1.807, 2.05) is 20.0 Å². The number of hydrogen-bond acceptors (Lipinski definition) is 5. The van der Waals surface area contributed by atoms with Gasteiger partial charge in [0.1, 0.15) is 12.7 Å². The molecule has 130 valence electrons. The van der Waals surface area contributed by atoms with Gasteiger partial charge in [0.25, 0.3) is 0 Å². The highest BCUT2D eigenvalue weighted by molar-refractivity contribution is 6.81. The van der Waals surface area contributed by atoms with Crippen LogP contribution < -0.4 is 0 Å². The van der Waals surface area contributed by atoms with E-state index >= 15 is 0 Å². The lowest BCUT2D eigenvalue weighted by atomic mass is 10.3. The first-order valence-electron chi connectivity index (χ1n) is 7.75. The monoisotopic (exact) mass is 348 g/mol. The first-order chi connectivity index (χ1) is 9.97. The highest BCUT2D eigenvalue weighted by atomic mass is 28.4. The minimum atomic E-state index is -2.29. The molecule has 0 amide bonds. The van der Waals surface area contributed by atoms with E-state index in [4.69, 9.17) is 18.0 Å². The molecule has 0 radical (unpaired) electrons. The lowest BCUT2D eigenvalue weighted by Crippen LogP contribution is -2.48. The molecule has 0 aromatic heterocycles. The smallest absolute Gasteiger partial charge is 0.333 e. The van der Waals surface area contributed by atoms with Gasteiger partial charge in [-0.05, 0) is 46.1 Å². The van der Waals surface area contributed by atoms with Gasteiger partial charge in [0.2, 0.25) is 0 Å². The molecule has 0 heterocycles. The SMILES string of the molecule is C=C(C)C(=O)OCC(COCCC)O[Si](C)(C)O[Si](C)(C)C. The van der Waals surface area contributed by atoms with Crippen molar-refractivity contribution in [3.63, 3.8) is 0 Å².